The lowest BCUT2D eigenvalue weighted by Crippen LogP contribution is -2.13. The zero-order valence-corrected chi connectivity index (χ0v) is 69.7. The Kier molecular flexibility index (Phi) is 24.0. The van der Waals surface area contributed by atoms with Crippen molar-refractivity contribution in [2.45, 2.75) is 29.4 Å². The highest BCUT2D eigenvalue weighted by molar-refractivity contribution is 7.88. The van der Waals surface area contributed by atoms with Crippen LogP contribution in [0.4, 0.5) is 148 Å². The lowest BCUT2D eigenvalue weighted by atomic mass is 10.1. The molecular weight excluding hydrogens is 1780 g/mol. The Hall–Kier alpha value is -16.2. The number of hydrogen-bond donors (Lipinski definition) is 14. The standard InChI is InChI=1S/C78H62N26O18S6/c79-43-3-25-61(57(83)35-43)97-89-47-7-15-51(16-8-47)93-101-73-65(123(105,106)107)31-41-33-67(125(111,112)113)75(103-95-53-19-11-49(12-20-53)91-99-63-27-5-45(81)37-59(63)85)77(69(41)71(73)87)121-127(117,118)55-23-1-39-2-24-56(30-40(39)29-55)128(119,120)122-78-70-42(34-68(126(114,115)116)76(78)104-96-54-21-13-50(14-22-54)92-100-64-28-6-46(82)38-60(64)86)32-66(124(108,109)110)74(72(70)88)102-94-52-17-9-48(10-18-52)90-98-62-26-4-44(80)36-58(62)84/h1-38H,79-88H2,(H,105,106,107)(H,108,109,110)(H,111,112,113)(H,114,115,116). The fraction of sp³-hybridized carbons (Fsp3) is 0. The van der Waals surface area contributed by atoms with Crippen LogP contribution in [0.25, 0.3) is 32.3 Å². The van der Waals surface area contributed by atoms with E-state index in [1.54, 1.807) is 12.1 Å². The van der Waals surface area contributed by atoms with Crippen LogP contribution >= 0.6 is 0 Å². The van der Waals surface area contributed by atoms with E-state index in [1.165, 1.54) is 158 Å². The predicted octanol–water partition coefficient (Wildman–Crippen LogP) is 18.8. The Morgan fingerprint density at radius 3 is 0.664 bits per heavy atom. The average molecular weight is 1840 g/mol. The predicted molar refractivity (Wildman–Crippen MR) is 476 cm³/mol. The minimum absolute atomic E-state index is 0.0343. The van der Waals surface area contributed by atoms with E-state index in [0.717, 1.165) is 36.4 Å². The molecule has 648 valence electrons. The van der Waals surface area contributed by atoms with Crippen LogP contribution in [0.2, 0.25) is 0 Å². The number of rotatable bonds is 26. The molecule has 0 bridgehead atoms. The maximum atomic E-state index is 15.4. The van der Waals surface area contributed by atoms with Gasteiger partial charge in [0.15, 0.2) is 22.9 Å². The number of benzene rings is 14. The van der Waals surface area contributed by atoms with E-state index >= 15 is 16.8 Å². The molecule has 0 aliphatic carbocycles. The number of anilines is 10. The molecular formula is C78H62N26O18S6. The van der Waals surface area contributed by atoms with Crippen molar-refractivity contribution in [1.82, 2.24) is 0 Å². The summed E-state index contributed by atoms with van der Waals surface area (Å²) in [5.74, 6) is -2.48. The Balaban J connectivity index is 0.886. The Bertz CT molecular complexity index is 7490. The van der Waals surface area contributed by atoms with E-state index in [9.17, 15) is 51.9 Å². The van der Waals surface area contributed by atoms with E-state index < -0.39 is 157 Å². The number of azo groups is 8. The van der Waals surface area contributed by atoms with E-state index in [-0.39, 0.29) is 102 Å². The zero-order valence-electron chi connectivity index (χ0n) is 64.8. The van der Waals surface area contributed by atoms with Gasteiger partial charge in [-0.1, -0.05) is 12.1 Å². The van der Waals surface area contributed by atoms with Gasteiger partial charge in [-0.25, -0.2) is 0 Å². The molecule has 0 aliphatic rings. The zero-order chi connectivity index (χ0) is 91.7. The van der Waals surface area contributed by atoms with Gasteiger partial charge >= 0.3 is 20.2 Å². The lowest BCUT2D eigenvalue weighted by Gasteiger charge is -2.18. The molecule has 128 heavy (non-hydrogen) atoms. The lowest BCUT2D eigenvalue weighted by molar-refractivity contribution is 0.477. The number of nitrogens with zero attached hydrogens (tertiary/aromatic N) is 16. The van der Waals surface area contributed by atoms with Crippen LogP contribution in [0.15, 0.2) is 342 Å². The Morgan fingerprint density at radius 2 is 0.438 bits per heavy atom. The van der Waals surface area contributed by atoms with Gasteiger partial charge in [-0.3, -0.25) is 18.2 Å². The molecule has 0 fully saturated rings. The molecule has 0 amide bonds. The quantitative estimate of drug-likeness (QED) is 0.0104. The second kappa shape index (κ2) is 34.8. The van der Waals surface area contributed by atoms with Gasteiger partial charge in [-0.2, -0.15) is 91.4 Å². The summed E-state index contributed by atoms with van der Waals surface area (Å²) in [6.45, 7) is 0. The SMILES string of the molecule is Nc1ccc(N=Nc2ccc(N=Nc3c(S(=O)(=O)O)cc4cc(S(=O)(=O)O)c(N=Nc5ccc(N=Nc6ccc(N)cc6N)cc5)c(OS(=O)(=O)c5ccc6ccc(S(=O)(=O)Oc7c(N=Nc8ccc(N=Nc9ccc(N)cc9N)cc8)c(S(=O)(=O)O)cc8cc(S(=O)(=O)O)c(N=Nc9ccc(N=Nc%10ccc(N)cc%10N)cc9)c(N)c78)cc6c5)c4c3N)cc2)c(N)c1. The average Bonchev–Trinajstić information content (AvgIpc) is 0.732. The first-order valence-corrected chi connectivity index (χ1v) is 44.6. The molecule has 0 aromatic heterocycles. The first kappa shape index (κ1) is 88.1. The molecule has 0 unspecified atom stereocenters. The van der Waals surface area contributed by atoms with Crippen LogP contribution in [0.3, 0.4) is 0 Å². The monoisotopic (exact) mass is 1840 g/mol. The normalized spacial score (nSPS) is 12.8. The van der Waals surface area contributed by atoms with Gasteiger partial charge in [0, 0.05) is 22.7 Å². The first-order chi connectivity index (χ1) is 60.5. The molecule has 0 saturated carbocycles. The van der Waals surface area contributed by atoms with Crippen LogP contribution in [0.1, 0.15) is 0 Å². The largest absolute Gasteiger partial charge is 0.399 e. The highest BCUT2D eigenvalue weighted by Gasteiger charge is 2.35. The summed E-state index contributed by atoms with van der Waals surface area (Å²) < 4.78 is 225. The van der Waals surface area contributed by atoms with Crippen molar-refractivity contribution in [3.63, 3.8) is 0 Å². The fourth-order valence-corrected chi connectivity index (χ4v) is 16.7. The van der Waals surface area contributed by atoms with Crippen LogP contribution in [0.5, 0.6) is 11.5 Å². The second-order valence-electron chi connectivity index (χ2n) is 27.2. The fourth-order valence-electron chi connectivity index (χ4n) is 12.0. The Morgan fingerprint density at radius 1 is 0.219 bits per heavy atom. The Labute approximate surface area is 723 Å². The van der Waals surface area contributed by atoms with E-state index in [0.29, 0.717) is 47.0 Å². The summed E-state index contributed by atoms with van der Waals surface area (Å²) in [6, 6.07) is 47.6. The van der Waals surface area contributed by atoms with Crippen LogP contribution < -0.4 is 65.7 Å². The molecule has 14 aromatic carbocycles. The van der Waals surface area contributed by atoms with E-state index in [2.05, 4.69) is 81.8 Å². The van der Waals surface area contributed by atoms with Crippen molar-refractivity contribution < 1.29 is 77.1 Å². The van der Waals surface area contributed by atoms with Crippen LogP contribution in [-0.2, 0) is 60.7 Å². The summed E-state index contributed by atoms with van der Waals surface area (Å²) in [7, 11) is -33.8. The summed E-state index contributed by atoms with van der Waals surface area (Å²) in [4.78, 5) is -6.84. The van der Waals surface area contributed by atoms with Crippen LogP contribution in [-0.4, -0.2) is 68.7 Å². The van der Waals surface area contributed by atoms with Gasteiger partial charge in [-0.15, -0.1) is 40.9 Å². The summed E-state index contributed by atoms with van der Waals surface area (Å²) in [5.41, 5.74) is 58.8. The maximum Gasteiger partial charge on any atom is 0.339 e. The number of fused-ring (bicyclic) bond motifs is 3. The van der Waals surface area contributed by atoms with Gasteiger partial charge in [0.2, 0.25) is 0 Å². The van der Waals surface area contributed by atoms with Crippen molar-refractivity contribution >= 4 is 241 Å². The first-order valence-electron chi connectivity index (χ1n) is 36.0. The highest BCUT2D eigenvalue weighted by Crippen LogP contribution is 2.53. The van der Waals surface area contributed by atoms with Gasteiger partial charge in [0.25, 0.3) is 40.5 Å². The van der Waals surface area contributed by atoms with E-state index in [1.807, 2.05) is 0 Å². The van der Waals surface area contributed by atoms with Crippen molar-refractivity contribution in [2.75, 3.05) is 57.3 Å². The molecule has 44 nitrogen and oxygen atoms in total. The third-order valence-electron chi connectivity index (χ3n) is 18.2. The van der Waals surface area contributed by atoms with Gasteiger partial charge in [0.1, 0.15) is 63.5 Å². The summed E-state index contributed by atoms with van der Waals surface area (Å²) in [6.07, 6.45) is 0. The molecule has 14 rings (SSSR count). The number of hydrogen-bond acceptors (Lipinski definition) is 40. The summed E-state index contributed by atoms with van der Waals surface area (Å²) in [5, 5.41) is 62.5. The maximum absolute atomic E-state index is 15.4. The molecule has 0 heterocycles. The van der Waals surface area contributed by atoms with E-state index in [4.69, 9.17) is 65.7 Å². The molecule has 0 atom stereocenters. The van der Waals surface area contributed by atoms with Crippen molar-refractivity contribution in [2.24, 2.45) is 81.8 Å². The van der Waals surface area contributed by atoms with Gasteiger partial charge < -0.3 is 65.7 Å². The second-order valence-corrected chi connectivity index (χ2v) is 35.8. The third kappa shape index (κ3) is 19.9. The van der Waals surface area contributed by atoms with Crippen molar-refractivity contribution in [1.29, 1.82) is 0 Å². The minimum atomic E-state index is -5.71. The topological polar surface area (TPSA) is 762 Å². The number of nitrogens with two attached hydrogens (primary N) is 10. The highest BCUT2D eigenvalue weighted by atomic mass is 32.2. The van der Waals surface area contributed by atoms with Crippen molar-refractivity contribution in [3.05, 3.63) is 231 Å². The minimum Gasteiger partial charge on any atom is -0.399 e. The molecule has 0 spiro atoms. The molecule has 50 heteroatoms. The molecule has 0 radical (unpaired) electrons. The van der Waals surface area contributed by atoms with Crippen molar-refractivity contribution in [3.8, 4) is 11.5 Å². The molecule has 0 aliphatic heterocycles. The third-order valence-corrected chi connectivity index (χ3v) is 24.1. The number of nitrogen functional groups attached to an aromatic ring is 10. The van der Waals surface area contributed by atoms with Gasteiger partial charge in [0.05, 0.1) is 90.4 Å². The molecule has 0 saturated heterocycles. The summed E-state index contributed by atoms with van der Waals surface area (Å²) >= 11 is 0. The smallest absolute Gasteiger partial charge is 0.339 e. The van der Waals surface area contributed by atoms with Gasteiger partial charge in [-0.05, 0) is 240 Å². The molecule has 14 aromatic rings. The molecule has 24 N–H and O–H groups in total. The van der Waals surface area contributed by atoms with Crippen LogP contribution in [0, 0.1) is 0 Å².